The van der Waals surface area contributed by atoms with Crippen LogP contribution in [-0.4, -0.2) is 20.2 Å². The second-order valence-corrected chi connectivity index (χ2v) is 3.84. The summed E-state index contributed by atoms with van der Waals surface area (Å²) in [6, 6.07) is 4.08. The Kier molecular flexibility index (Phi) is 4.35. The molecule has 0 atom stereocenters. The molecule has 0 aliphatic carbocycles. The van der Waals surface area contributed by atoms with Crippen LogP contribution in [0.15, 0.2) is 12.1 Å². The number of rotatable bonds is 4. The molecule has 88 valence electrons. The molecule has 1 aromatic rings. The van der Waals surface area contributed by atoms with E-state index in [0.717, 1.165) is 22.4 Å². The van der Waals surface area contributed by atoms with Gasteiger partial charge >= 0.3 is 5.97 Å². The van der Waals surface area contributed by atoms with E-state index in [1.54, 1.807) is 7.11 Å². The Balaban J connectivity index is 2.89. The van der Waals surface area contributed by atoms with Crippen molar-refractivity contribution in [3.05, 3.63) is 28.8 Å². The smallest absolute Gasteiger partial charge is 0.305 e. The Morgan fingerprint density at radius 1 is 1.25 bits per heavy atom. The first-order valence-corrected chi connectivity index (χ1v) is 5.29. The molecule has 0 fully saturated rings. The fraction of sp³-hybridized carbons (Fsp3) is 0.462. The maximum Gasteiger partial charge on any atom is 0.305 e. The second kappa shape index (κ2) is 5.54. The number of aryl methyl sites for hydroxylation is 2. The summed E-state index contributed by atoms with van der Waals surface area (Å²) in [4.78, 5) is 11.1. The van der Waals surface area contributed by atoms with Gasteiger partial charge in [-0.05, 0) is 43.0 Å². The van der Waals surface area contributed by atoms with Gasteiger partial charge in [0.1, 0.15) is 5.75 Å². The molecule has 1 rings (SSSR count). The first kappa shape index (κ1) is 12.6. The van der Waals surface area contributed by atoms with Crippen LogP contribution in [0.5, 0.6) is 5.75 Å². The molecule has 16 heavy (non-hydrogen) atoms. The lowest BCUT2D eigenvalue weighted by molar-refractivity contribution is -0.140. The quantitative estimate of drug-likeness (QED) is 0.734. The Morgan fingerprint density at radius 2 is 1.94 bits per heavy atom. The van der Waals surface area contributed by atoms with Gasteiger partial charge in [0.05, 0.1) is 14.2 Å². The van der Waals surface area contributed by atoms with Gasteiger partial charge in [-0.3, -0.25) is 4.79 Å². The minimum absolute atomic E-state index is 0.193. The van der Waals surface area contributed by atoms with Crippen molar-refractivity contribution >= 4 is 5.97 Å². The highest BCUT2D eigenvalue weighted by Gasteiger charge is 2.10. The largest absolute Gasteiger partial charge is 0.496 e. The van der Waals surface area contributed by atoms with Crippen LogP contribution in [0.25, 0.3) is 0 Å². The van der Waals surface area contributed by atoms with Crippen LogP contribution in [-0.2, 0) is 16.0 Å². The maximum atomic E-state index is 11.1. The van der Waals surface area contributed by atoms with E-state index in [0.29, 0.717) is 12.8 Å². The van der Waals surface area contributed by atoms with Crippen molar-refractivity contribution in [2.24, 2.45) is 0 Å². The SMILES string of the molecule is COC(=O)CCc1c(C)cc(C)cc1OC. The summed E-state index contributed by atoms with van der Waals surface area (Å²) in [5, 5.41) is 0. The van der Waals surface area contributed by atoms with Gasteiger partial charge in [0.15, 0.2) is 0 Å². The van der Waals surface area contributed by atoms with E-state index in [-0.39, 0.29) is 5.97 Å². The van der Waals surface area contributed by atoms with Gasteiger partial charge in [-0.15, -0.1) is 0 Å². The van der Waals surface area contributed by atoms with Crippen molar-refractivity contribution in [1.82, 2.24) is 0 Å². The van der Waals surface area contributed by atoms with E-state index in [9.17, 15) is 4.79 Å². The highest BCUT2D eigenvalue weighted by Crippen LogP contribution is 2.25. The van der Waals surface area contributed by atoms with Gasteiger partial charge in [0.25, 0.3) is 0 Å². The first-order chi connectivity index (χ1) is 7.58. The highest BCUT2D eigenvalue weighted by molar-refractivity contribution is 5.69. The molecule has 0 saturated heterocycles. The monoisotopic (exact) mass is 222 g/mol. The van der Waals surface area contributed by atoms with Crippen molar-refractivity contribution in [2.75, 3.05) is 14.2 Å². The summed E-state index contributed by atoms with van der Waals surface area (Å²) in [5.41, 5.74) is 3.40. The molecular weight excluding hydrogens is 204 g/mol. The molecule has 0 unspecified atom stereocenters. The summed E-state index contributed by atoms with van der Waals surface area (Å²) in [6.45, 7) is 4.06. The van der Waals surface area contributed by atoms with Crippen molar-refractivity contribution in [3.8, 4) is 5.75 Å². The van der Waals surface area contributed by atoms with Crippen molar-refractivity contribution in [3.63, 3.8) is 0 Å². The van der Waals surface area contributed by atoms with Crippen LogP contribution in [0.4, 0.5) is 0 Å². The predicted molar refractivity (Wildman–Crippen MR) is 62.8 cm³/mol. The molecular formula is C13H18O3. The summed E-state index contributed by atoms with van der Waals surface area (Å²) in [6.07, 6.45) is 1.04. The zero-order valence-electron chi connectivity index (χ0n) is 10.3. The number of ether oxygens (including phenoxy) is 2. The summed E-state index contributed by atoms with van der Waals surface area (Å²) in [7, 11) is 3.05. The van der Waals surface area contributed by atoms with Crippen LogP contribution in [0, 0.1) is 13.8 Å². The molecule has 3 heteroatoms. The predicted octanol–water partition coefficient (Wildman–Crippen LogP) is 2.42. The Bertz CT molecular complexity index is 383. The summed E-state index contributed by atoms with van der Waals surface area (Å²) >= 11 is 0. The Hall–Kier alpha value is -1.51. The summed E-state index contributed by atoms with van der Waals surface area (Å²) in [5.74, 6) is 0.656. The maximum absolute atomic E-state index is 11.1. The fourth-order valence-electron chi connectivity index (χ4n) is 1.79. The lowest BCUT2D eigenvalue weighted by atomic mass is 10.0. The zero-order valence-corrected chi connectivity index (χ0v) is 10.3. The average Bonchev–Trinajstić information content (AvgIpc) is 2.26. The first-order valence-electron chi connectivity index (χ1n) is 5.29. The second-order valence-electron chi connectivity index (χ2n) is 3.84. The molecule has 0 radical (unpaired) electrons. The lowest BCUT2D eigenvalue weighted by Gasteiger charge is -2.12. The Morgan fingerprint density at radius 3 is 2.50 bits per heavy atom. The van der Waals surface area contributed by atoms with E-state index in [1.807, 2.05) is 19.9 Å². The van der Waals surface area contributed by atoms with Crippen LogP contribution in [0.3, 0.4) is 0 Å². The molecule has 0 aliphatic heterocycles. The number of methoxy groups -OCH3 is 2. The minimum atomic E-state index is -0.193. The van der Waals surface area contributed by atoms with E-state index in [1.165, 1.54) is 7.11 Å². The molecule has 0 spiro atoms. The van der Waals surface area contributed by atoms with Crippen molar-refractivity contribution in [1.29, 1.82) is 0 Å². The van der Waals surface area contributed by atoms with Crippen molar-refractivity contribution < 1.29 is 14.3 Å². The van der Waals surface area contributed by atoms with Gasteiger partial charge in [-0.2, -0.15) is 0 Å². The zero-order chi connectivity index (χ0) is 12.1. The molecule has 0 aromatic heterocycles. The van der Waals surface area contributed by atoms with Crippen LogP contribution in [0.2, 0.25) is 0 Å². The van der Waals surface area contributed by atoms with Gasteiger partial charge in [-0.1, -0.05) is 6.07 Å². The van der Waals surface area contributed by atoms with Gasteiger partial charge < -0.3 is 9.47 Å². The number of carbonyl (C=O) groups is 1. The molecule has 0 amide bonds. The van der Waals surface area contributed by atoms with E-state index >= 15 is 0 Å². The fourth-order valence-corrected chi connectivity index (χ4v) is 1.79. The van der Waals surface area contributed by atoms with Crippen LogP contribution < -0.4 is 4.74 Å². The number of benzene rings is 1. The van der Waals surface area contributed by atoms with E-state index < -0.39 is 0 Å². The van der Waals surface area contributed by atoms with Gasteiger partial charge in [0.2, 0.25) is 0 Å². The number of carbonyl (C=O) groups excluding carboxylic acids is 1. The molecule has 0 aliphatic rings. The number of hydrogen-bond donors (Lipinski definition) is 0. The van der Waals surface area contributed by atoms with Gasteiger partial charge in [-0.25, -0.2) is 0 Å². The molecule has 0 saturated carbocycles. The molecule has 0 N–H and O–H groups in total. The van der Waals surface area contributed by atoms with E-state index in [4.69, 9.17) is 4.74 Å². The van der Waals surface area contributed by atoms with Crippen LogP contribution in [0.1, 0.15) is 23.1 Å². The number of hydrogen-bond acceptors (Lipinski definition) is 3. The summed E-state index contributed by atoms with van der Waals surface area (Å²) < 4.78 is 9.95. The Labute approximate surface area is 96.4 Å². The third-order valence-electron chi connectivity index (χ3n) is 2.60. The third-order valence-corrected chi connectivity index (χ3v) is 2.60. The normalized spacial score (nSPS) is 10.0. The van der Waals surface area contributed by atoms with E-state index in [2.05, 4.69) is 10.8 Å². The average molecular weight is 222 g/mol. The molecule has 0 bridgehead atoms. The standard InChI is InChI=1S/C13H18O3/c1-9-7-10(2)11(12(8-9)15-3)5-6-13(14)16-4/h7-8H,5-6H2,1-4H3. The minimum Gasteiger partial charge on any atom is -0.496 e. The highest BCUT2D eigenvalue weighted by atomic mass is 16.5. The number of esters is 1. The van der Waals surface area contributed by atoms with Crippen molar-refractivity contribution in [2.45, 2.75) is 26.7 Å². The molecule has 1 aromatic carbocycles. The van der Waals surface area contributed by atoms with Crippen LogP contribution >= 0.6 is 0 Å². The topological polar surface area (TPSA) is 35.5 Å². The molecule has 0 heterocycles. The lowest BCUT2D eigenvalue weighted by Crippen LogP contribution is -2.04. The molecule has 3 nitrogen and oxygen atoms in total. The van der Waals surface area contributed by atoms with Gasteiger partial charge in [0, 0.05) is 6.42 Å². The third kappa shape index (κ3) is 2.99.